The summed E-state index contributed by atoms with van der Waals surface area (Å²) in [6, 6.07) is 9.51. The van der Waals surface area contributed by atoms with E-state index in [1.165, 1.54) is 18.3 Å². The lowest BCUT2D eigenvalue weighted by Gasteiger charge is -2.35. The van der Waals surface area contributed by atoms with Crippen LogP contribution in [-0.2, 0) is 25.5 Å². The summed E-state index contributed by atoms with van der Waals surface area (Å²) in [5, 5.41) is 5.22. The number of carbonyl (C=O) groups is 4. The molecule has 240 valence electrons. The molecule has 44 heavy (non-hydrogen) atoms. The largest absolute Gasteiger partial charge is 0.455 e. The lowest BCUT2D eigenvalue weighted by molar-refractivity contribution is -0.149. The number of amides is 2. The number of aromatic nitrogens is 1. The Labute approximate surface area is 265 Å². The molecule has 1 aliphatic carbocycles. The zero-order valence-electron chi connectivity index (χ0n) is 27.0. The molecule has 0 unspecified atom stereocenters. The Hall–Kier alpha value is -3.11. The van der Waals surface area contributed by atoms with Crippen molar-refractivity contribution in [1.29, 1.82) is 0 Å². The Bertz CT molecular complexity index is 1290. The van der Waals surface area contributed by atoms with Gasteiger partial charge in [-0.15, -0.1) is 11.3 Å². The van der Waals surface area contributed by atoms with Crippen molar-refractivity contribution in [2.75, 3.05) is 20.6 Å². The minimum atomic E-state index is -0.711. The van der Waals surface area contributed by atoms with E-state index < -0.39 is 12.1 Å². The van der Waals surface area contributed by atoms with Crippen LogP contribution in [0.2, 0.25) is 0 Å². The van der Waals surface area contributed by atoms with Crippen molar-refractivity contribution in [3.05, 3.63) is 52.0 Å². The number of nitrogens with zero attached hydrogens (tertiary/aromatic N) is 3. The van der Waals surface area contributed by atoms with E-state index in [0.29, 0.717) is 17.8 Å². The van der Waals surface area contributed by atoms with E-state index in [1.54, 1.807) is 17.3 Å². The van der Waals surface area contributed by atoms with E-state index in [1.807, 2.05) is 58.2 Å². The predicted octanol–water partition coefficient (Wildman–Crippen LogP) is 5.06. The minimum absolute atomic E-state index is 0.0200. The number of carbonyl (C=O) groups excluding carboxylic acids is 4. The first-order chi connectivity index (χ1) is 20.9. The number of esters is 1. The highest BCUT2D eigenvalue weighted by molar-refractivity contribution is 7.09. The van der Waals surface area contributed by atoms with Crippen LogP contribution < -0.4 is 5.32 Å². The molecule has 2 fully saturated rings. The SMILES string of the molecule is CC(=O)O[C@H](C[C@H](C(C)C)N(C)C(=O)[C@@H](CC(=O)[C@H]1CCCN1C)C1CC1)c1nc(C(=O)N[C@H](C)Cc2ccccc2)cs1. The van der Waals surface area contributed by atoms with Gasteiger partial charge in [0.05, 0.1) is 6.04 Å². The lowest BCUT2D eigenvalue weighted by atomic mass is 9.90. The molecule has 1 saturated heterocycles. The molecule has 2 amide bonds. The normalized spacial score (nSPS) is 19.7. The summed E-state index contributed by atoms with van der Waals surface area (Å²) < 4.78 is 5.74. The summed E-state index contributed by atoms with van der Waals surface area (Å²) in [5.41, 5.74) is 1.41. The third kappa shape index (κ3) is 8.97. The second-order valence-electron chi connectivity index (χ2n) is 13.0. The van der Waals surface area contributed by atoms with Crippen LogP contribution in [0, 0.1) is 17.8 Å². The average molecular weight is 625 g/mol. The van der Waals surface area contributed by atoms with Crippen LogP contribution in [-0.4, -0.2) is 77.1 Å². The number of hydrogen-bond donors (Lipinski definition) is 1. The fraction of sp³-hybridized carbons (Fsp3) is 0.618. The molecule has 1 aromatic heterocycles. The Morgan fingerprint density at radius 3 is 2.41 bits per heavy atom. The number of rotatable bonds is 15. The van der Waals surface area contributed by atoms with Gasteiger partial charge in [0, 0.05) is 50.2 Å². The molecule has 1 saturated carbocycles. The van der Waals surface area contributed by atoms with Gasteiger partial charge in [-0.1, -0.05) is 44.2 Å². The van der Waals surface area contributed by atoms with Gasteiger partial charge < -0.3 is 15.0 Å². The van der Waals surface area contributed by atoms with Crippen LogP contribution in [0.15, 0.2) is 35.7 Å². The summed E-state index contributed by atoms with van der Waals surface area (Å²) >= 11 is 1.27. The molecule has 9 nitrogen and oxygen atoms in total. The van der Waals surface area contributed by atoms with Gasteiger partial charge in [0.1, 0.15) is 10.7 Å². The fourth-order valence-corrected chi connectivity index (χ4v) is 7.24. The minimum Gasteiger partial charge on any atom is -0.455 e. The van der Waals surface area contributed by atoms with Gasteiger partial charge in [-0.05, 0) is 70.0 Å². The molecule has 1 N–H and O–H groups in total. The zero-order valence-corrected chi connectivity index (χ0v) is 27.8. The summed E-state index contributed by atoms with van der Waals surface area (Å²) in [7, 11) is 3.78. The molecule has 1 aliphatic heterocycles. The number of ketones is 1. The standard InChI is InChI=1S/C34H48N4O5S/c1-21(2)29(38(6)34(42)26(25-14-15-25)18-30(40)28-13-10-16-37(28)5)19-31(43-23(4)39)33-36-27(20-44-33)32(41)35-22(3)17-24-11-8-7-9-12-24/h7-9,11-12,20-22,25-26,28-29,31H,10,13-19H2,1-6H3,(H,35,41)/t22-,26+,28-,29-,31-/m1/s1. The Morgan fingerprint density at radius 1 is 1.11 bits per heavy atom. The molecule has 2 aromatic rings. The summed E-state index contributed by atoms with van der Waals surface area (Å²) in [6.07, 6.45) is 4.40. The van der Waals surface area contributed by atoms with Crippen molar-refractivity contribution in [1.82, 2.24) is 20.1 Å². The van der Waals surface area contributed by atoms with Gasteiger partial charge in [0.25, 0.3) is 5.91 Å². The molecule has 5 atom stereocenters. The van der Waals surface area contributed by atoms with E-state index in [-0.39, 0.29) is 65.6 Å². The maximum Gasteiger partial charge on any atom is 0.303 e. The van der Waals surface area contributed by atoms with Gasteiger partial charge in [0.15, 0.2) is 11.9 Å². The molecular formula is C34H48N4O5S. The molecule has 4 rings (SSSR count). The Balaban J connectivity index is 1.44. The smallest absolute Gasteiger partial charge is 0.303 e. The number of likely N-dealkylation sites (tertiary alicyclic amines) is 1. The van der Waals surface area contributed by atoms with E-state index in [4.69, 9.17) is 4.74 Å². The van der Waals surface area contributed by atoms with Crippen molar-refractivity contribution in [2.24, 2.45) is 17.8 Å². The quantitative estimate of drug-likeness (QED) is 0.276. The first-order valence-corrected chi connectivity index (χ1v) is 16.8. The number of thiazole rings is 1. The summed E-state index contributed by atoms with van der Waals surface area (Å²) in [4.78, 5) is 60.8. The third-order valence-electron chi connectivity index (χ3n) is 8.99. The van der Waals surface area contributed by atoms with Gasteiger partial charge in [-0.25, -0.2) is 4.98 Å². The molecule has 2 aliphatic rings. The second kappa shape index (κ2) is 15.3. The molecular weight excluding hydrogens is 576 g/mol. The molecule has 0 spiro atoms. The van der Waals surface area contributed by atoms with Crippen LogP contribution in [0.4, 0.5) is 0 Å². The third-order valence-corrected chi connectivity index (χ3v) is 9.93. The fourth-order valence-electron chi connectivity index (χ4n) is 6.40. The highest BCUT2D eigenvalue weighted by atomic mass is 32.1. The van der Waals surface area contributed by atoms with Gasteiger partial charge >= 0.3 is 5.97 Å². The highest BCUT2D eigenvalue weighted by Gasteiger charge is 2.42. The number of likely N-dealkylation sites (N-methyl/N-ethyl adjacent to an activating group) is 1. The number of hydrogen-bond acceptors (Lipinski definition) is 8. The van der Waals surface area contributed by atoms with E-state index in [9.17, 15) is 19.2 Å². The van der Waals surface area contributed by atoms with Gasteiger partial charge in [0.2, 0.25) is 5.91 Å². The number of nitrogens with one attached hydrogen (secondary N) is 1. The first-order valence-electron chi connectivity index (χ1n) is 15.9. The van der Waals surface area contributed by atoms with Crippen LogP contribution >= 0.6 is 11.3 Å². The van der Waals surface area contributed by atoms with Gasteiger partial charge in [-0.3, -0.25) is 24.1 Å². The van der Waals surface area contributed by atoms with E-state index in [0.717, 1.165) is 37.8 Å². The number of benzene rings is 1. The molecule has 1 aromatic carbocycles. The number of ether oxygens (including phenoxy) is 1. The number of Topliss-reactive ketones (excluding diaryl/α,β-unsaturated/α-hetero) is 1. The predicted molar refractivity (Wildman–Crippen MR) is 171 cm³/mol. The topological polar surface area (TPSA) is 109 Å². The zero-order chi connectivity index (χ0) is 32.0. The summed E-state index contributed by atoms with van der Waals surface area (Å²) in [6.45, 7) is 8.30. The van der Waals surface area contributed by atoms with E-state index >= 15 is 0 Å². The molecule has 10 heteroatoms. The van der Waals surface area contributed by atoms with Crippen LogP contribution in [0.1, 0.15) is 93.4 Å². The lowest BCUT2D eigenvalue weighted by Crippen LogP contribution is -2.46. The Morgan fingerprint density at radius 2 is 1.82 bits per heavy atom. The maximum atomic E-state index is 14.0. The molecule has 0 bridgehead atoms. The monoisotopic (exact) mass is 624 g/mol. The Kier molecular flexibility index (Phi) is 11.7. The first kappa shape index (κ1) is 33.8. The molecule has 0 radical (unpaired) electrons. The van der Waals surface area contributed by atoms with Crippen LogP contribution in [0.25, 0.3) is 0 Å². The summed E-state index contributed by atoms with van der Waals surface area (Å²) in [5.74, 6) is -0.631. The van der Waals surface area contributed by atoms with Crippen molar-refractivity contribution < 1.29 is 23.9 Å². The van der Waals surface area contributed by atoms with Crippen molar-refractivity contribution in [3.8, 4) is 0 Å². The maximum absolute atomic E-state index is 14.0. The average Bonchev–Trinajstić information content (AvgIpc) is 3.52. The van der Waals surface area contributed by atoms with E-state index in [2.05, 4.69) is 15.2 Å². The van der Waals surface area contributed by atoms with Crippen molar-refractivity contribution in [2.45, 2.75) is 96.9 Å². The van der Waals surface area contributed by atoms with Gasteiger partial charge in [-0.2, -0.15) is 0 Å². The van der Waals surface area contributed by atoms with Crippen LogP contribution in [0.5, 0.6) is 0 Å². The molecule has 2 heterocycles. The highest BCUT2D eigenvalue weighted by Crippen LogP contribution is 2.41. The van der Waals surface area contributed by atoms with Crippen molar-refractivity contribution in [3.63, 3.8) is 0 Å². The second-order valence-corrected chi connectivity index (χ2v) is 13.9. The van der Waals surface area contributed by atoms with Crippen molar-refractivity contribution >= 4 is 34.9 Å². The van der Waals surface area contributed by atoms with Crippen LogP contribution in [0.3, 0.4) is 0 Å².